The first kappa shape index (κ1) is 19.0. The molecule has 0 aliphatic heterocycles. The molecule has 2 aromatic rings. The third-order valence-electron chi connectivity index (χ3n) is 3.99. The van der Waals surface area contributed by atoms with Gasteiger partial charge in [0.25, 0.3) is 6.29 Å². The van der Waals surface area contributed by atoms with Gasteiger partial charge in [0.1, 0.15) is 0 Å². The first-order valence-corrected chi connectivity index (χ1v) is 9.01. The molecule has 0 N–H and O–H groups in total. The molecule has 0 heterocycles. The normalized spacial score (nSPS) is 10.8. The summed E-state index contributed by atoms with van der Waals surface area (Å²) < 4.78 is 10.9. The van der Waals surface area contributed by atoms with Gasteiger partial charge >= 0.3 is 11.9 Å². The van der Waals surface area contributed by atoms with Crippen LogP contribution in [0.2, 0.25) is 0 Å². The average Bonchev–Trinajstić information content (AvgIpc) is 2.63. The second-order valence-corrected chi connectivity index (χ2v) is 6.13. The van der Waals surface area contributed by atoms with E-state index in [4.69, 9.17) is 9.47 Å². The van der Waals surface area contributed by atoms with E-state index in [1.165, 1.54) is 0 Å². The average molecular weight is 342 g/mol. The van der Waals surface area contributed by atoms with E-state index in [-0.39, 0.29) is 11.9 Å². The highest BCUT2D eigenvalue weighted by Crippen LogP contribution is 2.25. The first-order valence-electron chi connectivity index (χ1n) is 9.01. The van der Waals surface area contributed by atoms with Crippen molar-refractivity contribution in [1.82, 2.24) is 0 Å². The first-order chi connectivity index (χ1) is 12.1. The SMILES string of the molecule is CCCCC(=O)OC(OC(=O)CCCC)c1ccc2ccccc2c1. The van der Waals surface area contributed by atoms with Crippen molar-refractivity contribution >= 4 is 22.7 Å². The zero-order chi connectivity index (χ0) is 18.1. The Morgan fingerprint density at radius 2 is 1.40 bits per heavy atom. The molecule has 0 radical (unpaired) electrons. The predicted molar refractivity (Wildman–Crippen MR) is 97.9 cm³/mol. The van der Waals surface area contributed by atoms with Crippen molar-refractivity contribution in [2.75, 3.05) is 0 Å². The molecule has 4 heteroatoms. The van der Waals surface area contributed by atoms with E-state index >= 15 is 0 Å². The summed E-state index contributed by atoms with van der Waals surface area (Å²) in [5.41, 5.74) is 0.674. The topological polar surface area (TPSA) is 52.6 Å². The number of ether oxygens (including phenoxy) is 2. The van der Waals surface area contributed by atoms with E-state index in [1.54, 1.807) is 0 Å². The van der Waals surface area contributed by atoms with Crippen molar-refractivity contribution in [3.8, 4) is 0 Å². The fourth-order valence-electron chi connectivity index (χ4n) is 2.51. The lowest BCUT2D eigenvalue weighted by molar-refractivity contribution is -0.190. The minimum Gasteiger partial charge on any atom is -0.421 e. The van der Waals surface area contributed by atoms with Crippen LogP contribution in [0.15, 0.2) is 42.5 Å². The highest BCUT2D eigenvalue weighted by atomic mass is 16.7. The van der Waals surface area contributed by atoms with Gasteiger partial charge in [-0.2, -0.15) is 0 Å². The monoisotopic (exact) mass is 342 g/mol. The minimum atomic E-state index is -0.988. The zero-order valence-electron chi connectivity index (χ0n) is 15.0. The van der Waals surface area contributed by atoms with Crippen LogP contribution in [0.25, 0.3) is 10.8 Å². The Kier molecular flexibility index (Phi) is 7.45. The van der Waals surface area contributed by atoms with Gasteiger partial charge < -0.3 is 9.47 Å². The quantitative estimate of drug-likeness (QED) is 0.458. The maximum Gasteiger partial charge on any atom is 0.309 e. The van der Waals surface area contributed by atoms with Crippen LogP contribution in [-0.2, 0) is 19.1 Å². The second-order valence-electron chi connectivity index (χ2n) is 6.13. The summed E-state index contributed by atoms with van der Waals surface area (Å²) in [6.07, 6.45) is 3.00. The van der Waals surface area contributed by atoms with E-state index in [9.17, 15) is 9.59 Å². The molecule has 4 nitrogen and oxygen atoms in total. The second kappa shape index (κ2) is 9.82. The smallest absolute Gasteiger partial charge is 0.309 e. The molecular formula is C21H26O4. The lowest BCUT2D eigenvalue weighted by Crippen LogP contribution is -2.18. The van der Waals surface area contributed by atoms with Gasteiger partial charge in [-0.15, -0.1) is 0 Å². The lowest BCUT2D eigenvalue weighted by atomic mass is 10.1. The number of benzene rings is 2. The van der Waals surface area contributed by atoms with Gasteiger partial charge in [-0.25, -0.2) is 0 Å². The van der Waals surface area contributed by atoms with Crippen molar-refractivity contribution in [2.24, 2.45) is 0 Å². The number of carbonyl (C=O) groups is 2. The fourth-order valence-corrected chi connectivity index (χ4v) is 2.51. The largest absolute Gasteiger partial charge is 0.421 e. The Labute approximate surface area is 149 Å². The Morgan fingerprint density at radius 1 is 0.840 bits per heavy atom. The van der Waals surface area contributed by atoms with E-state index in [0.29, 0.717) is 18.4 Å². The molecule has 25 heavy (non-hydrogen) atoms. The molecule has 0 saturated heterocycles. The van der Waals surface area contributed by atoms with Crippen LogP contribution in [0.4, 0.5) is 0 Å². The van der Waals surface area contributed by atoms with Gasteiger partial charge in [0.05, 0.1) is 0 Å². The lowest BCUT2D eigenvalue weighted by Gasteiger charge is -2.19. The Morgan fingerprint density at radius 3 is 1.96 bits per heavy atom. The van der Waals surface area contributed by atoms with Crippen molar-refractivity contribution in [3.05, 3.63) is 48.0 Å². The number of unbranched alkanes of at least 4 members (excludes halogenated alkanes) is 2. The zero-order valence-corrected chi connectivity index (χ0v) is 15.0. The van der Waals surface area contributed by atoms with Crippen LogP contribution < -0.4 is 0 Å². The highest BCUT2D eigenvalue weighted by Gasteiger charge is 2.21. The summed E-state index contributed by atoms with van der Waals surface area (Å²) in [6.45, 7) is 4.03. The Hall–Kier alpha value is -2.36. The molecular weight excluding hydrogens is 316 g/mol. The van der Waals surface area contributed by atoms with E-state index < -0.39 is 6.29 Å². The standard InChI is InChI=1S/C21H26O4/c1-3-5-11-19(22)24-21(25-20(23)12-6-4-2)18-14-13-16-9-7-8-10-17(16)15-18/h7-10,13-15,21H,3-6,11-12H2,1-2H3. The molecule has 0 aliphatic rings. The highest BCUT2D eigenvalue weighted by molar-refractivity contribution is 5.83. The van der Waals surface area contributed by atoms with Gasteiger partial charge in [0.2, 0.25) is 0 Å². The van der Waals surface area contributed by atoms with Crippen LogP contribution in [0.1, 0.15) is 64.2 Å². The summed E-state index contributed by atoms with van der Waals surface area (Å²) >= 11 is 0. The molecule has 0 aromatic heterocycles. The summed E-state index contributed by atoms with van der Waals surface area (Å²) in [5.74, 6) is -0.688. The molecule has 0 fully saturated rings. The summed E-state index contributed by atoms with van der Waals surface area (Å²) in [6, 6.07) is 13.6. The number of carbonyl (C=O) groups excluding carboxylic acids is 2. The van der Waals surface area contributed by atoms with Crippen LogP contribution >= 0.6 is 0 Å². The van der Waals surface area contributed by atoms with E-state index in [1.807, 2.05) is 56.3 Å². The molecule has 2 rings (SSSR count). The third kappa shape index (κ3) is 5.89. The maximum absolute atomic E-state index is 12.0. The molecule has 0 aliphatic carbocycles. The molecule has 0 unspecified atom stereocenters. The van der Waals surface area contributed by atoms with Crippen molar-refractivity contribution in [2.45, 2.75) is 58.7 Å². The molecule has 134 valence electrons. The molecule has 0 atom stereocenters. The van der Waals surface area contributed by atoms with Gasteiger partial charge in [-0.3, -0.25) is 9.59 Å². The summed E-state index contributed by atoms with van der Waals surface area (Å²) in [5, 5.41) is 2.10. The van der Waals surface area contributed by atoms with Gasteiger partial charge in [0.15, 0.2) is 0 Å². The number of fused-ring (bicyclic) bond motifs is 1. The Bertz CT molecular complexity index is 686. The Balaban J connectivity index is 2.18. The summed E-state index contributed by atoms with van der Waals surface area (Å²) in [4.78, 5) is 24.1. The van der Waals surface area contributed by atoms with Crippen molar-refractivity contribution in [1.29, 1.82) is 0 Å². The van der Waals surface area contributed by atoms with Gasteiger partial charge in [-0.1, -0.05) is 63.1 Å². The summed E-state index contributed by atoms with van der Waals surface area (Å²) in [7, 11) is 0. The van der Waals surface area contributed by atoms with Crippen molar-refractivity contribution < 1.29 is 19.1 Å². The van der Waals surface area contributed by atoms with Crippen LogP contribution in [0.3, 0.4) is 0 Å². The number of hydrogen-bond acceptors (Lipinski definition) is 4. The van der Waals surface area contributed by atoms with E-state index in [0.717, 1.165) is 36.5 Å². The third-order valence-corrected chi connectivity index (χ3v) is 3.99. The maximum atomic E-state index is 12.0. The number of hydrogen-bond donors (Lipinski definition) is 0. The molecule has 2 aromatic carbocycles. The van der Waals surface area contributed by atoms with Crippen molar-refractivity contribution in [3.63, 3.8) is 0 Å². The van der Waals surface area contributed by atoms with Crippen LogP contribution in [-0.4, -0.2) is 11.9 Å². The molecule has 0 amide bonds. The minimum absolute atomic E-state index is 0.326. The fraction of sp³-hybridized carbons (Fsp3) is 0.429. The molecule has 0 spiro atoms. The van der Waals surface area contributed by atoms with Gasteiger partial charge in [-0.05, 0) is 29.7 Å². The van der Waals surface area contributed by atoms with Crippen LogP contribution in [0, 0.1) is 0 Å². The van der Waals surface area contributed by atoms with Gasteiger partial charge in [0, 0.05) is 18.4 Å². The van der Waals surface area contributed by atoms with Crippen LogP contribution in [0.5, 0.6) is 0 Å². The number of esters is 2. The van der Waals surface area contributed by atoms with E-state index in [2.05, 4.69) is 0 Å². The predicted octanol–water partition coefficient (Wildman–Crippen LogP) is 5.31. The molecule has 0 saturated carbocycles. The number of rotatable bonds is 9. The molecule has 0 bridgehead atoms.